The summed E-state index contributed by atoms with van der Waals surface area (Å²) < 4.78 is 0. The highest BCUT2D eigenvalue weighted by Crippen LogP contribution is 2.21. The Hall–Kier alpha value is -2.99. The number of hydrogen-bond acceptors (Lipinski definition) is 4. The van der Waals surface area contributed by atoms with Gasteiger partial charge in [0.15, 0.2) is 0 Å². The Bertz CT molecular complexity index is 820. The van der Waals surface area contributed by atoms with Crippen molar-refractivity contribution in [3.8, 4) is 0 Å². The highest BCUT2D eigenvalue weighted by atomic mass is 16.2. The number of nitrogens with zero attached hydrogens (tertiary/aromatic N) is 2. The fraction of sp³-hybridized carbons (Fsp3) is 0.318. The average Bonchev–Trinajstić information content (AvgIpc) is 3.11. The second-order valence-electron chi connectivity index (χ2n) is 6.93. The minimum absolute atomic E-state index is 0.00141. The topological polar surface area (TPSA) is 74.3 Å². The number of amides is 2. The van der Waals surface area contributed by atoms with Crippen molar-refractivity contribution in [2.24, 2.45) is 0 Å². The maximum Gasteiger partial charge on any atom is 0.251 e. The molecule has 1 aromatic heterocycles. The summed E-state index contributed by atoms with van der Waals surface area (Å²) >= 11 is 0. The summed E-state index contributed by atoms with van der Waals surface area (Å²) in [6.07, 6.45) is 5.87. The van der Waals surface area contributed by atoms with Crippen LogP contribution in [-0.2, 0) is 11.3 Å². The molecule has 28 heavy (non-hydrogen) atoms. The van der Waals surface area contributed by atoms with E-state index in [4.69, 9.17) is 0 Å². The number of hydrogen-bond donors (Lipinski definition) is 2. The van der Waals surface area contributed by atoms with Crippen LogP contribution < -0.4 is 10.6 Å². The third kappa shape index (κ3) is 4.84. The third-order valence-electron chi connectivity index (χ3n) is 4.91. The molecule has 2 atom stereocenters. The molecule has 1 aromatic carbocycles. The molecule has 1 saturated heterocycles. The lowest BCUT2D eigenvalue weighted by Crippen LogP contribution is -2.42. The lowest BCUT2D eigenvalue weighted by atomic mass is 10.1. The molecule has 0 spiro atoms. The lowest BCUT2D eigenvalue weighted by molar-refractivity contribution is -0.125. The fourth-order valence-electron chi connectivity index (χ4n) is 3.51. The van der Waals surface area contributed by atoms with Crippen molar-refractivity contribution in [3.63, 3.8) is 0 Å². The van der Waals surface area contributed by atoms with Crippen LogP contribution in [0.2, 0.25) is 0 Å². The van der Waals surface area contributed by atoms with Gasteiger partial charge in [-0.1, -0.05) is 30.9 Å². The molecule has 0 aliphatic carbocycles. The lowest BCUT2D eigenvalue weighted by Gasteiger charge is -2.23. The number of likely N-dealkylation sites (tertiary alicyclic amines) is 1. The Balaban J connectivity index is 1.68. The van der Waals surface area contributed by atoms with E-state index < -0.39 is 0 Å². The molecule has 0 saturated carbocycles. The number of benzene rings is 1. The predicted octanol–water partition coefficient (Wildman–Crippen LogP) is 2.23. The van der Waals surface area contributed by atoms with Gasteiger partial charge in [0.05, 0.1) is 6.04 Å². The fourth-order valence-corrected chi connectivity index (χ4v) is 3.51. The van der Waals surface area contributed by atoms with Crippen LogP contribution in [0.25, 0.3) is 6.08 Å². The molecule has 2 heterocycles. The van der Waals surface area contributed by atoms with Gasteiger partial charge >= 0.3 is 0 Å². The predicted molar refractivity (Wildman–Crippen MR) is 110 cm³/mol. The Kier molecular flexibility index (Phi) is 6.55. The first-order valence-corrected chi connectivity index (χ1v) is 9.54. The van der Waals surface area contributed by atoms with Crippen LogP contribution in [0, 0.1) is 0 Å². The van der Waals surface area contributed by atoms with E-state index in [0.29, 0.717) is 31.6 Å². The Morgan fingerprint density at radius 3 is 2.71 bits per heavy atom. The van der Waals surface area contributed by atoms with Gasteiger partial charge in [-0.25, -0.2) is 0 Å². The molecule has 2 N–H and O–H groups in total. The molecule has 0 unspecified atom stereocenters. The molecule has 1 aliphatic heterocycles. The van der Waals surface area contributed by atoms with Gasteiger partial charge in [0.25, 0.3) is 5.91 Å². The van der Waals surface area contributed by atoms with Crippen molar-refractivity contribution in [3.05, 3.63) is 72.1 Å². The van der Waals surface area contributed by atoms with Crippen molar-refractivity contribution < 1.29 is 9.59 Å². The maximum absolute atomic E-state index is 12.6. The molecule has 0 radical (unpaired) electrons. The van der Waals surface area contributed by atoms with E-state index in [1.165, 1.54) is 0 Å². The van der Waals surface area contributed by atoms with Gasteiger partial charge in [0.1, 0.15) is 0 Å². The van der Waals surface area contributed by atoms with E-state index in [1.54, 1.807) is 24.4 Å². The summed E-state index contributed by atoms with van der Waals surface area (Å²) in [6.45, 7) is 7.46. The van der Waals surface area contributed by atoms with Crippen LogP contribution in [0.5, 0.6) is 0 Å². The monoisotopic (exact) mass is 378 g/mol. The summed E-state index contributed by atoms with van der Waals surface area (Å²) in [6, 6.07) is 10.8. The molecular weight excluding hydrogens is 352 g/mol. The highest BCUT2D eigenvalue weighted by Gasteiger charge is 2.37. The van der Waals surface area contributed by atoms with Crippen LogP contribution in [0.15, 0.2) is 55.4 Å². The van der Waals surface area contributed by atoms with Gasteiger partial charge in [-0.05, 0) is 42.7 Å². The summed E-state index contributed by atoms with van der Waals surface area (Å²) in [7, 11) is 0. The van der Waals surface area contributed by atoms with Crippen LogP contribution in [-0.4, -0.2) is 46.9 Å². The van der Waals surface area contributed by atoms with Crippen molar-refractivity contribution in [2.75, 3.05) is 13.1 Å². The van der Waals surface area contributed by atoms with Crippen LogP contribution in [0.1, 0.15) is 34.8 Å². The van der Waals surface area contributed by atoms with Crippen LogP contribution >= 0.6 is 0 Å². The SMILES string of the molecule is C=Cc1ccc(C(=O)N[C@H]2C[C@@H](C(=O)NCC)N(Cc3cccnc3)C2)cc1. The van der Waals surface area contributed by atoms with Gasteiger partial charge in [0, 0.05) is 43.6 Å². The minimum Gasteiger partial charge on any atom is -0.355 e. The van der Waals surface area contributed by atoms with Gasteiger partial charge in [-0.15, -0.1) is 0 Å². The molecule has 146 valence electrons. The van der Waals surface area contributed by atoms with E-state index in [-0.39, 0.29) is 23.9 Å². The number of nitrogens with one attached hydrogen (secondary N) is 2. The van der Waals surface area contributed by atoms with E-state index >= 15 is 0 Å². The molecular formula is C22H26N4O2. The molecule has 1 aliphatic rings. The maximum atomic E-state index is 12.6. The first-order chi connectivity index (χ1) is 13.6. The Morgan fingerprint density at radius 1 is 1.29 bits per heavy atom. The molecule has 1 fully saturated rings. The van der Waals surface area contributed by atoms with Crippen LogP contribution in [0.3, 0.4) is 0 Å². The number of likely N-dealkylation sites (N-methyl/N-ethyl adjacent to an activating group) is 1. The second kappa shape index (κ2) is 9.28. The van der Waals surface area contributed by atoms with Crippen LogP contribution in [0.4, 0.5) is 0 Å². The third-order valence-corrected chi connectivity index (χ3v) is 4.91. The summed E-state index contributed by atoms with van der Waals surface area (Å²) in [5.74, 6) is -0.128. The van der Waals surface area contributed by atoms with Gasteiger partial charge < -0.3 is 10.6 Å². The second-order valence-corrected chi connectivity index (χ2v) is 6.93. The highest BCUT2D eigenvalue weighted by molar-refractivity contribution is 5.94. The zero-order valence-corrected chi connectivity index (χ0v) is 16.1. The number of carbonyl (C=O) groups excluding carboxylic acids is 2. The number of carbonyl (C=O) groups is 2. The summed E-state index contributed by atoms with van der Waals surface area (Å²) in [5.41, 5.74) is 2.62. The van der Waals surface area contributed by atoms with Crippen molar-refractivity contribution in [1.82, 2.24) is 20.5 Å². The summed E-state index contributed by atoms with van der Waals surface area (Å²) in [4.78, 5) is 31.4. The quantitative estimate of drug-likeness (QED) is 0.775. The van der Waals surface area contributed by atoms with Crippen molar-refractivity contribution in [2.45, 2.75) is 32.0 Å². The molecule has 2 amide bonds. The Labute approximate surface area is 165 Å². The van der Waals surface area contributed by atoms with Gasteiger partial charge in [0.2, 0.25) is 5.91 Å². The van der Waals surface area contributed by atoms with E-state index in [9.17, 15) is 9.59 Å². The normalized spacial score (nSPS) is 19.2. The zero-order valence-electron chi connectivity index (χ0n) is 16.1. The number of pyridine rings is 1. The van der Waals surface area contributed by atoms with E-state index in [1.807, 2.05) is 37.4 Å². The summed E-state index contributed by atoms with van der Waals surface area (Å²) in [5, 5.41) is 5.98. The molecule has 6 heteroatoms. The largest absolute Gasteiger partial charge is 0.355 e. The Morgan fingerprint density at radius 2 is 2.07 bits per heavy atom. The van der Waals surface area contributed by atoms with Gasteiger partial charge in [-0.3, -0.25) is 19.5 Å². The first kappa shape index (κ1) is 19.8. The standard InChI is InChI=1S/C22H26N4O2/c1-3-16-7-9-18(10-8-16)21(27)25-19-12-20(22(28)24-4-2)26(15-19)14-17-6-5-11-23-13-17/h3,5-11,13,19-20H,1,4,12,14-15H2,2H3,(H,24,28)(H,25,27)/t19-,20-/m0/s1. The molecule has 3 rings (SSSR count). The van der Waals surface area contributed by atoms with Crippen molar-refractivity contribution in [1.29, 1.82) is 0 Å². The van der Waals surface area contributed by atoms with E-state index in [2.05, 4.69) is 27.1 Å². The molecule has 2 aromatic rings. The smallest absolute Gasteiger partial charge is 0.251 e. The molecule has 0 bridgehead atoms. The van der Waals surface area contributed by atoms with Crippen molar-refractivity contribution >= 4 is 17.9 Å². The number of aromatic nitrogens is 1. The molecule has 6 nitrogen and oxygen atoms in total. The minimum atomic E-state index is -0.270. The van der Waals surface area contributed by atoms with Gasteiger partial charge in [-0.2, -0.15) is 0 Å². The average molecular weight is 378 g/mol. The first-order valence-electron chi connectivity index (χ1n) is 9.54. The zero-order chi connectivity index (χ0) is 19.9. The number of rotatable bonds is 7. The van der Waals surface area contributed by atoms with E-state index in [0.717, 1.165) is 11.1 Å².